The molecule has 1 aromatic carbocycles. The van der Waals surface area contributed by atoms with Crippen molar-refractivity contribution in [3.63, 3.8) is 0 Å². The van der Waals surface area contributed by atoms with E-state index in [-0.39, 0.29) is 17.3 Å². The van der Waals surface area contributed by atoms with Crippen LogP contribution in [0.4, 0.5) is 5.69 Å². The number of amidine groups is 1. The summed E-state index contributed by atoms with van der Waals surface area (Å²) in [5.41, 5.74) is 6.58. The number of anilines is 1. The van der Waals surface area contributed by atoms with Crippen molar-refractivity contribution in [2.75, 3.05) is 5.32 Å². The largest absolute Gasteiger partial charge is 0.409 e. The molecule has 1 heterocycles. The van der Waals surface area contributed by atoms with Crippen molar-refractivity contribution in [3.05, 3.63) is 64.1 Å². The van der Waals surface area contributed by atoms with Crippen molar-refractivity contribution in [2.45, 2.75) is 0 Å². The Bertz CT molecular complexity index is 684. The van der Waals surface area contributed by atoms with Crippen LogP contribution in [0.5, 0.6) is 0 Å². The maximum atomic E-state index is 11.9. The molecule has 7 heteroatoms. The number of carbonyl (C=O) groups is 1. The van der Waals surface area contributed by atoms with Gasteiger partial charge in [-0.1, -0.05) is 5.16 Å². The summed E-state index contributed by atoms with van der Waals surface area (Å²) in [7, 11) is 0. The van der Waals surface area contributed by atoms with E-state index in [9.17, 15) is 9.59 Å². The number of aromatic amines is 1. The SMILES string of the molecule is N/C(=N/O)c1ccc(NC(=O)c2ccc(=O)[nH]c2)cc1. The van der Waals surface area contributed by atoms with Crippen LogP contribution in [0.25, 0.3) is 0 Å². The molecule has 0 aliphatic rings. The first-order valence-electron chi connectivity index (χ1n) is 5.68. The van der Waals surface area contributed by atoms with Gasteiger partial charge in [-0.2, -0.15) is 0 Å². The number of nitrogens with zero attached hydrogens (tertiary/aromatic N) is 1. The average molecular weight is 272 g/mol. The highest BCUT2D eigenvalue weighted by atomic mass is 16.4. The molecule has 0 spiro atoms. The lowest BCUT2D eigenvalue weighted by Crippen LogP contribution is -2.15. The fourth-order valence-electron chi connectivity index (χ4n) is 1.54. The number of aromatic nitrogens is 1. The molecule has 2 rings (SSSR count). The van der Waals surface area contributed by atoms with Crippen LogP contribution in [0.1, 0.15) is 15.9 Å². The van der Waals surface area contributed by atoms with Crippen molar-refractivity contribution >= 4 is 17.4 Å². The number of oxime groups is 1. The second-order valence-electron chi connectivity index (χ2n) is 3.96. The molecule has 0 unspecified atom stereocenters. The zero-order valence-electron chi connectivity index (χ0n) is 10.3. The summed E-state index contributed by atoms with van der Waals surface area (Å²) >= 11 is 0. The topological polar surface area (TPSA) is 121 Å². The first-order valence-corrected chi connectivity index (χ1v) is 5.68. The molecule has 102 valence electrons. The average Bonchev–Trinajstić information content (AvgIpc) is 2.48. The van der Waals surface area contributed by atoms with E-state index in [4.69, 9.17) is 10.9 Å². The van der Waals surface area contributed by atoms with Crippen molar-refractivity contribution in [3.8, 4) is 0 Å². The van der Waals surface area contributed by atoms with E-state index in [0.29, 0.717) is 16.8 Å². The Hall–Kier alpha value is -3.09. The number of nitrogens with one attached hydrogen (secondary N) is 2. The number of hydrogen-bond acceptors (Lipinski definition) is 4. The number of amides is 1. The molecule has 0 saturated heterocycles. The molecule has 0 saturated carbocycles. The van der Waals surface area contributed by atoms with Crippen LogP contribution in [0.2, 0.25) is 0 Å². The predicted octanol–water partition coefficient (Wildman–Crippen LogP) is 0.722. The number of pyridine rings is 1. The molecular formula is C13H12N4O3. The van der Waals surface area contributed by atoms with E-state index in [1.54, 1.807) is 24.3 Å². The third-order valence-electron chi connectivity index (χ3n) is 2.59. The molecule has 0 fully saturated rings. The highest BCUT2D eigenvalue weighted by Gasteiger charge is 2.06. The predicted molar refractivity (Wildman–Crippen MR) is 74.0 cm³/mol. The summed E-state index contributed by atoms with van der Waals surface area (Å²) in [4.78, 5) is 25.2. The number of H-pyrrole nitrogens is 1. The molecule has 2 aromatic rings. The maximum absolute atomic E-state index is 11.9. The summed E-state index contributed by atoms with van der Waals surface area (Å²) in [5.74, 6) is -0.360. The third-order valence-corrected chi connectivity index (χ3v) is 2.59. The Morgan fingerprint density at radius 1 is 1.15 bits per heavy atom. The van der Waals surface area contributed by atoms with Crippen LogP contribution in [-0.2, 0) is 0 Å². The van der Waals surface area contributed by atoms with E-state index in [1.165, 1.54) is 18.3 Å². The number of rotatable bonds is 3. The number of nitrogens with two attached hydrogens (primary N) is 1. The molecule has 0 atom stereocenters. The molecule has 7 nitrogen and oxygen atoms in total. The van der Waals surface area contributed by atoms with Gasteiger partial charge in [0.05, 0.1) is 5.56 Å². The second-order valence-corrected chi connectivity index (χ2v) is 3.96. The summed E-state index contributed by atoms with van der Waals surface area (Å²) in [5, 5.41) is 14.1. The molecule has 0 aliphatic heterocycles. The molecule has 0 bridgehead atoms. The van der Waals surface area contributed by atoms with Gasteiger partial charge in [-0.25, -0.2) is 0 Å². The summed E-state index contributed by atoms with van der Waals surface area (Å²) < 4.78 is 0. The van der Waals surface area contributed by atoms with Crippen LogP contribution in [0.3, 0.4) is 0 Å². The zero-order chi connectivity index (χ0) is 14.5. The van der Waals surface area contributed by atoms with E-state index in [0.717, 1.165) is 0 Å². The van der Waals surface area contributed by atoms with Gasteiger partial charge in [0.1, 0.15) is 0 Å². The first-order chi connectivity index (χ1) is 9.60. The van der Waals surface area contributed by atoms with E-state index in [2.05, 4.69) is 15.5 Å². The van der Waals surface area contributed by atoms with Crippen LogP contribution in [0.15, 0.2) is 52.5 Å². The Kier molecular flexibility index (Phi) is 3.80. The normalized spacial score (nSPS) is 11.1. The standard InChI is InChI=1S/C13H12N4O3/c14-12(17-20)8-1-4-10(5-2-8)16-13(19)9-3-6-11(18)15-7-9/h1-7,20H,(H2,14,17)(H,15,18)(H,16,19). The molecule has 1 amide bonds. The third kappa shape index (κ3) is 3.02. The lowest BCUT2D eigenvalue weighted by molar-refractivity contribution is 0.102. The fourth-order valence-corrected chi connectivity index (χ4v) is 1.54. The second kappa shape index (κ2) is 5.70. The highest BCUT2D eigenvalue weighted by molar-refractivity contribution is 6.04. The first kappa shape index (κ1) is 13.3. The van der Waals surface area contributed by atoms with Crippen LogP contribution in [-0.4, -0.2) is 21.9 Å². The molecule has 0 aliphatic carbocycles. The quantitative estimate of drug-likeness (QED) is 0.285. The van der Waals surface area contributed by atoms with Gasteiger partial charge in [-0.3, -0.25) is 9.59 Å². The van der Waals surface area contributed by atoms with Crippen molar-refractivity contribution < 1.29 is 10.0 Å². The van der Waals surface area contributed by atoms with E-state index < -0.39 is 0 Å². The number of benzene rings is 1. The number of hydrogen-bond donors (Lipinski definition) is 4. The minimum absolute atomic E-state index is 0.0106. The van der Waals surface area contributed by atoms with Crippen molar-refractivity contribution in [2.24, 2.45) is 10.9 Å². The molecular weight excluding hydrogens is 260 g/mol. The Labute approximate surface area is 113 Å². The molecule has 0 radical (unpaired) electrons. The monoisotopic (exact) mass is 272 g/mol. The van der Waals surface area contributed by atoms with Gasteiger partial charge >= 0.3 is 0 Å². The maximum Gasteiger partial charge on any atom is 0.257 e. The summed E-state index contributed by atoms with van der Waals surface area (Å²) in [6.45, 7) is 0. The van der Waals surface area contributed by atoms with Crippen LogP contribution >= 0.6 is 0 Å². The smallest absolute Gasteiger partial charge is 0.257 e. The lowest BCUT2D eigenvalue weighted by atomic mass is 10.2. The van der Waals surface area contributed by atoms with Crippen molar-refractivity contribution in [1.29, 1.82) is 0 Å². The zero-order valence-corrected chi connectivity index (χ0v) is 10.3. The Morgan fingerprint density at radius 2 is 1.80 bits per heavy atom. The minimum Gasteiger partial charge on any atom is -0.409 e. The lowest BCUT2D eigenvalue weighted by Gasteiger charge is -2.06. The van der Waals surface area contributed by atoms with Gasteiger partial charge in [0.2, 0.25) is 5.56 Å². The van der Waals surface area contributed by atoms with Gasteiger partial charge < -0.3 is 21.2 Å². The van der Waals surface area contributed by atoms with Crippen molar-refractivity contribution in [1.82, 2.24) is 4.98 Å². The molecule has 1 aromatic heterocycles. The Balaban J connectivity index is 2.12. The fraction of sp³-hybridized carbons (Fsp3) is 0. The van der Waals surface area contributed by atoms with Gasteiger partial charge in [0, 0.05) is 23.5 Å². The Morgan fingerprint density at radius 3 is 2.35 bits per heavy atom. The minimum atomic E-state index is -0.349. The van der Waals surface area contributed by atoms with Crippen LogP contribution in [0, 0.1) is 0 Å². The number of carbonyl (C=O) groups excluding carboxylic acids is 1. The molecule has 5 N–H and O–H groups in total. The van der Waals surface area contributed by atoms with Crippen LogP contribution < -0.4 is 16.6 Å². The van der Waals surface area contributed by atoms with Gasteiger partial charge in [-0.05, 0) is 30.3 Å². The van der Waals surface area contributed by atoms with E-state index in [1.807, 2.05) is 0 Å². The van der Waals surface area contributed by atoms with Gasteiger partial charge in [-0.15, -0.1) is 0 Å². The highest BCUT2D eigenvalue weighted by Crippen LogP contribution is 2.10. The molecule has 20 heavy (non-hydrogen) atoms. The van der Waals surface area contributed by atoms with Gasteiger partial charge in [0.25, 0.3) is 5.91 Å². The summed E-state index contributed by atoms with van der Waals surface area (Å²) in [6, 6.07) is 9.17. The van der Waals surface area contributed by atoms with Gasteiger partial charge in [0.15, 0.2) is 5.84 Å². The summed E-state index contributed by atoms with van der Waals surface area (Å²) in [6.07, 6.45) is 1.34. The van der Waals surface area contributed by atoms with E-state index >= 15 is 0 Å².